The molecule has 23 heavy (non-hydrogen) atoms. The van der Waals surface area contributed by atoms with Crippen LogP contribution < -0.4 is 10.1 Å². The summed E-state index contributed by atoms with van der Waals surface area (Å²) in [6.07, 6.45) is -0.845. The Morgan fingerprint density at radius 1 is 1.26 bits per heavy atom. The molecule has 0 spiro atoms. The maximum Gasteiger partial charge on any atom is 0.344 e. The van der Waals surface area contributed by atoms with E-state index in [9.17, 15) is 9.59 Å². The Labute approximate surface area is 142 Å². The summed E-state index contributed by atoms with van der Waals surface area (Å²) >= 11 is 6.13. The smallest absolute Gasteiger partial charge is 0.344 e. The van der Waals surface area contributed by atoms with Crippen LogP contribution in [0.15, 0.2) is 12.1 Å². The lowest BCUT2D eigenvalue weighted by Crippen LogP contribution is -2.36. The van der Waals surface area contributed by atoms with Crippen molar-refractivity contribution in [2.45, 2.75) is 46.6 Å². The van der Waals surface area contributed by atoms with Crippen LogP contribution in [0.3, 0.4) is 0 Å². The van der Waals surface area contributed by atoms with E-state index in [1.54, 1.807) is 13.0 Å². The molecule has 1 atom stereocenters. The van der Waals surface area contributed by atoms with Crippen molar-refractivity contribution in [2.24, 2.45) is 0 Å². The zero-order valence-corrected chi connectivity index (χ0v) is 15.0. The molecular formula is C17H24ClNO4. The average molecular weight is 342 g/mol. The van der Waals surface area contributed by atoms with Crippen LogP contribution in [0.2, 0.25) is 5.02 Å². The third-order valence-corrected chi connectivity index (χ3v) is 3.69. The summed E-state index contributed by atoms with van der Waals surface area (Å²) in [5, 5.41) is 3.25. The fraction of sp³-hybridized carbons (Fsp3) is 0.529. The van der Waals surface area contributed by atoms with Gasteiger partial charge >= 0.3 is 5.97 Å². The first-order valence-electron chi connectivity index (χ1n) is 7.66. The standard InChI is InChI=1S/C17H24ClNO4/c1-6-19-17(21)12(5)23-16(20)9-22-15-7-11(4)14(18)8-13(15)10(2)3/h7-8,10,12H,6,9H2,1-5H3,(H,19,21)/t12-/m1/s1. The normalized spacial score (nSPS) is 12.0. The second-order valence-corrected chi connectivity index (χ2v) is 6.02. The molecule has 0 saturated heterocycles. The van der Waals surface area contributed by atoms with Crippen LogP contribution in [0.5, 0.6) is 5.75 Å². The molecule has 1 aromatic carbocycles. The van der Waals surface area contributed by atoms with E-state index >= 15 is 0 Å². The van der Waals surface area contributed by atoms with E-state index in [-0.39, 0.29) is 18.4 Å². The number of aryl methyl sites for hydroxylation is 1. The maximum absolute atomic E-state index is 11.8. The van der Waals surface area contributed by atoms with E-state index in [2.05, 4.69) is 5.32 Å². The van der Waals surface area contributed by atoms with E-state index in [1.807, 2.05) is 26.8 Å². The third-order valence-electron chi connectivity index (χ3n) is 3.29. The number of rotatable bonds is 7. The summed E-state index contributed by atoms with van der Waals surface area (Å²) < 4.78 is 10.6. The molecule has 0 aliphatic carbocycles. The Kier molecular flexibility index (Phi) is 7.36. The molecule has 0 unspecified atom stereocenters. The number of esters is 1. The molecule has 0 saturated carbocycles. The van der Waals surface area contributed by atoms with Crippen molar-refractivity contribution in [1.82, 2.24) is 5.32 Å². The highest BCUT2D eigenvalue weighted by molar-refractivity contribution is 6.31. The Morgan fingerprint density at radius 2 is 1.91 bits per heavy atom. The van der Waals surface area contributed by atoms with Crippen molar-refractivity contribution < 1.29 is 19.1 Å². The van der Waals surface area contributed by atoms with Gasteiger partial charge in [0.15, 0.2) is 12.7 Å². The topological polar surface area (TPSA) is 64.6 Å². The van der Waals surface area contributed by atoms with Crippen LogP contribution in [0.1, 0.15) is 44.7 Å². The van der Waals surface area contributed by atoms with E-state index in [4.69, 9.17) is 21.1 Å². The first-order valence-corrected chi connectivity index (χ1v) is 8.04. The van der Waals surface area contributed by atoms with Crippen molar-refractivity contribution in [3.63, 3.8) is 0 Å². The number of carbonyl (C=O) groups is 2. The summed E-state index contributed by atoms with van der Waals surface area (Å²) in [6, 6.07) is 3.65. The molecule has 0 fully saturated rings. The predicted molar refractivity (Wildman–Crippen MR) is 90.0 cm³/mol. The highest BCUT2D eigenvalue weighted by Gasteiger charge is 2.18. The third kappa shape index (κ3) is 5.75. The van der Waals surface area contributed by atoms with Gasteiger partial charge in [-0.2, -0.15) is 0 Å². The first kappa shape index (κ1) is 19.3. The fourth-order valence-electron chi connectivity index (χ4n) is 1.99. The molecule has 1 amide bonds. The number of carbonyl (C=O) groups excluding carboxylic acids is 2. The summed E-state index contributed by atoms with van der Waals surface area (Å²) in [4.78, 5) is 23.3. The van der Waals surface area contributed by atoms with Crippen LogP contribution in [0.25, 0.3) is 0 Å². The lowest BCUT2D eigenvalue weighted by Gasteiger charge is -2.17. The maximum atomic E-state index is 11.8. The number of hydrogen-bond acceptors (Lipinski definition) is 4. The lowest BCUT2D eigenvalue weighted by atomic mass is 10.0. The molecule has 0 aliphatic rings. The van der Waals surface area contributed by atoms with Gasteiger partial charge in [-0.15, -0.1) is 0 Å². The Hall–Kier alpha value is -1.75. The van der Waals surface area contributed by atoms with Gasteiger partial charge in [-0.1, -0.05) is 25.4 Å². The van der Waals surface area contributed by atoms with E-state index in [0.29, 0.717) is 17.3 Å². The molecule has 1 aromatic rings. The van der Waals surface area contributed by atoms with Gasteiger partial charge in [0, 0.05) is 11.6 Å². The largest absolute Gasteiger partial charge is 0.482 e. The molecule has 0 bridgehead atoms. The van der Waals surface area contributed by atoms with Gasteiger partial charge in [0.25, 0.3) is 5.91 Å². The van der Waals surface area contributed by atoms with Crippen molar-refractivity contribution in [3.05, 3.63) is 28.3 Å². The molecule has 128 valence electrons. The zero-order chi connectivity index (χ0) is 17.6. The van der Waals surface area contributed by atoms with E-state index < -0.39 is 12.1 Å². The summed E-state index contributed by atoms with van der Waals surface area (Å²) in [5.74, 6) is -0.116. The van der Waals surface area contributed by atoms with Crippen LogP contribution in [-0.2, 0) is 14.3 Å². The Bertz CT molecular complexity index is 572. The lowest BCUT2D eigenvalue weighted by molar-refractivity contribution is -0.156. The van der Waals surface area contributed by atoms with Crippen molar-refractivity contribution in [3.8, 4) is 5.75 Å². The number of likely N-dealkylation sites (N-methyl/N-ethyl adjacent to an activating group) is 1. The van der Waals surface area contributed by atoms with Crippen LogP contribution >= 0.6 is 11.6 Å². The number of nitrogens with one attached hydrogen (secondary N) is 1. The van der Waals surface area contributed by atoms with Gasteiger partial charge in [0.2, 0.25) is 0 Å². The van der Waals surface area contributed by atoms with Crippen LogP contribution in [0.4, 0.5) is 0 Å². The van der Waals surface area contributed by atoms with Gasteiger partial charge in [0.05, 0.1) is 0 Å². The number of ether oxygens (including phenoxy) is 2. The second kappa shape index (κ2) is 8.77. The fourth-order valence-corrected chi connectivity index (χ4v) is 2.16. The molecule has 1 N–H and O–H groups in total. The minimum Gasteiger partial charge on any atom is -0.482 e. The van der Waals surface area contributed by atoms with Gasteiger partial charge in [-0.05, 0) is 49.9 Å². The zero-order valence-electron chi connectivity index (χ0n) is 14.2. The molecule has 0 radical (unpaired) electrons. The van der Waals surface area contributed by atoms with Gasteiger partial charge < -0.3 is 14.8 Å². The van der Waals surface area contributed by atoms with Crippen molar-refractivity contribution >= 4 is 23.5 Å². The molecule has 5 nitrogen and oxygen atoms in total. The number of amides is 1. The molecule has 0 aliphatic heterocycles. The van der Waals surface area contributed by atoms with Crippen LogP contribution in [-0.4, -0.2) is 31.1 Å². The highest BCUT2D eigenvalue weighted by atomic mass is 35.5. The SMILES string of the molecule is CCNC(=O)[C@@H](C)OC(=O)COc1cc(C)c(Cl)cc1C(C)C. The van der Waals surface area contributed by atoms with Gasteiger partial charge in [-0.25, -0.2) is 4.79 Å². The number of halogens is 1. The Balaban J connectivity index is 2.69. The minimum absolute atomic E-state index is 0.202. The molecule has 6 heteroatoms. The van der Waals surface area contributed by atoms with Gasteiger partial charge in [-0.3, -0.25) is 4.79 Å². The number of hydrogen-bond donors (Lipinski definition) is 1. The average Bonchev–Trinajstić information content (AvgIpc) is 2.47. The molecule has 0 aromatic heterocycles. The van der Waals surface area contributed by atoms with Gasteiger partial charge in [0.1, 0.15) is 5.75 Å². The molecular weight excluding hydrogens is 318 g/mol. The summed E-state index contributed by atoms with van der Waals surface area (Å²) in [7, 11) is 0. The first-order chi connectivity index (χ1) is 10.8. The van der Waals surface area contributed by atoms with Crippen molar-refractivity contribution in [1.29, 1.82) is 0 Å². The number of benzene rings is 1. The molecule has 0 heterocycles. The van der Waals surface area contributed by atoms with Crippen molar-refractivity contribution in [2.75, 3.05) is 13.2 Å². The molecule has 1 rings (SSSR count). The van der Waals surface area contributed by atoms with E-state index in [1.165, 1.54) is 6.92 Å². The Morgan fingerprint density at radius 3 is 2.48 bits per heavy atom. The van der Waals surface area contributed by atoms with E-state index in [0.717, 1.165) is 11.1 Å². The second-order valence-electron chi connectivity index (χ2n) is 5.61. The predicted octanol–water partition coefficient (Wildman–Crippen LogP) is 3.22. The van der Waals surface area contributed by atoms with Crippen LogP contribution in [0, 0.1) is 6.92 Å². The monoisotopic (exact) mass is 341 g/mol. The minimum atomic E-state index is -0.845. The highest BCUT2D eigenvalue weighted by Crippen LogP contribution is 2.31. The summed E-state index contributed by atoms with van der Waals surface area (Å²) in [6.45, 7) is 9.45. The quantitative estimate of drug-likeness (QED) is 0.773. The summed E-state index contributed by atoms with van der Waals surface area (Å²) in [5.41, 5.74) is 1.79.